The van der Waals surface area contributed by atoms with Gasteiger partial charge in [0.15, 0.2) is 0 Å². The van der Waals surface area contributed by atoms with Crippen LogP contribution >= 0.6 is 27.3 Å². The first-order chi connectivity index (χ1) is 14.4. The summed E-state index contributed by atoms with van der Waals surface area (Å²) in [4.78, 5) is 16.8. The van der Waals surface area contributed by atoms with Crippen molar-refractivity contribution in [3.63, 3.8) is 0 Å². The molecule has 0 saturated carbocycles. The Kier molecular flexibility index (Phi) is 5.48. The van der Waals surface area contributed by atoms with Crippen LogP contribution in [0.2, 0.25) is 0 Å². The molecule has 0 aliphatic heterocycles. The van der Waals surface area contributed by atoms with E-state index in [1.807, 2.05) is 6.07 Å². The third-order valence-electron chi connectivity index (χ3n) is 4.38. The number of allylic oxidation sites excluding steroid dienone is 1. The number of nitriles is 1. The van der Waals surface area contributed by atoms with E-state index in [4.69, 9.17) is 4.42 Å². The third-order valence-corrected chi connectivity index (χ3v) is 5.75. The largest absolute Gasteiger partial charge is 0.422 e. The van der Waals surface area contributed by atoms with Crippen molar-refractivity contribution in [3.05, 3.63) is 85.3 Å². The maximum atomic E-state index is 13.7. The summed E-state index contributed by atoms with van der Waals surface area (Å²) in [5, 5.41) is 15.3. The summed E-state index contributed by atoms with van der Waals surface area (Å²) in [5.74, 6) is -0.335. The number of hydrogen-bond donors (Lipinski definition) is 1. The van der Waals surface area contributed by atoms with Crippen LogP contribution < -0.4 is 10.9 Å². The molecule has 0 saturated heterocycles. The van der Waals surface area contributed by atoms with Crippen LogP contribution in [0.4, 0.5) is 10.1 Å². The SMILES string of the molecule is Cc1ccc(N/C=C(\C#N)c2nc(-c3cc4cc(Br)ccc4oc3=O)cs2)cc1F. The van der Waals surface area contributed by atoms with Crippen LogP contribution in [0.3, 0.4) is 0 Å². The van der Waals surface area contributed by atoms with E-state index in [9.17, 15) is 14.4 Å². The number of nitrogens with one attached hydrogen (secondary N) is 1. The van der Waals surface area contributed by atoms with Crippen LogP contribution in [0.25, 0.3) is 27.8 Å². The van der Waals surface area contributed by atoms with Crippen molar-refractivity contribution in [2.75, 3.05) is 5.32 Å². The maximum Gasteiger partial charge on any atom is 0.345 e. The fraction of sp³-hybridized carbons (Fsp3) is 0.0455. The molecular formula is C22H13BrFN3O2S. The van der Waals surface area contributed by atoms with Crippen LogP contribution in [-0.4, -0.2) is 4.98 Å². The molecule has 0 amide bonds. The van der Waals surface area contributed by atoms with Gasteiger partial charge < -0.3 is 9.73 Å². The van der Waals surface area contributed by atoms with Gasteiger partial charge in [0.1, 0.15) is 28.1 Å². The van der Waals surface area contributed by atoms with E-state index in [2.05, 4.69) is 32.3 Å². The van der Waals surface area contributed by atoms with Gasteiger partial charge in [-0.3, -0.25) is 0 Å². The zero-order valence-corrected chi connectivity index (χ0v) is 18.0. The quantitative estimate of drug-likeness (QED) is 0.281. The molecule has 0 unspecified atom stereocenters. The standard InChI is InChI=1S/C22H13BrFN3O2S/c1-12-2-4-16(8-18(12)24)26-10-14(9-25)21-27-19(11-30-21)17-7-13-6-15(23)3-5-20(13)29-22(17)28/h2-8,10-11,26H,1H3/b14-10+. The van der Waals surface area contributed by atoms with Crippen molar-refractivity contribution in [1.82, 2.24) is 4.98 Å². The molecule has 0 bridgehead atoms. The highest BCUT2D eigenvalue weighted by atomic mass is 79.9. The predicted octanol–water partition coefficient (Wildman–Crippen LogP) is 6.10. The molecule has 0 spiro atoms. The summed E-state index contributed by atoms with van der Waals surface area (Å²) < 4.78 is 19.9. The van der Waals surface area contributed by atoms with Gasteiger partial charge in [0.05, 0.1) is 11.3 Å². The molecule has 1 N–H and O–H groups in total. The highest BCUT2D eigenvalue weighted by molar-refractivity contribution is 9.10. The summed E-state index contributed by atoms with van der Waals surface area (Å²) in [6, 6.07) is 13.9. The summed E-state index contributed by atoms with van der Waals surface area (Å²) in [5.41, 5.74) is 2.04. The summed E-state index contributed by atoms with van der Waals surface area (Å²) >= 11 is 4.63. The molecule has 0 aliphatic rings. The molecule has 148 valence electrons. The van der Waals surface area contributed by atoms with Gasteiger partial charge in [0, 0.05) is 27.1 Å². The molecule has 2 aromatic carbocycles. The normalized spacial score (nSPS) is 11.5. The zero-order chi connectivity index (χ0) is 21.3. The lowest BCUT2D eigenvalue weighted by Crippen LogP contribution is -2.03. The minimum atomic E-state index is -0.502. The minimum Gasteiger partial charge on any atom is -0.422 e. The Bertz CT molecular complexity index is 1400. The third kappa shape index (κ3) is 4.03. The summed E-state index contributed by atoms with van der Waals surface area (Å²) in [6.07, 6.45) is 1.46. The first-order valence-electron chi connectivity index (χ1n) is 8.77. The Balaban J connectivity index is 1.66. The van der Waals surface area contributed by atoms with Crippen LogP contribution in [0, 0.1) is 24.1 Å². The van der Waals surface area contributed by atoms with E-state index in [1.54, 1.807) is 42.6 Å². The molecule has 4 rings (SSSR count). The molecule has 0 aliphatic carbocycles. The Hall–Kier alpha value is -3.28. The van der Waals surface area contributed by atoms with Crippen LogP contribution in [0.5, 0.6) is 0 Å². The van der Waals surface area contributed by atoms with Gasteiger partial charge in [-0.05, 0) is 48.9 Å². The molecule has 30 heavy (non-hydrogen) atoms. The lowest BCUT2D eigenvalue weighted by atomic mass is 10.1. The molecular weight excluding hydrogens is 469 g/mol. The van der Waals surface area contributed by atoms with E-state index in [-0.39, 0.29) is 11.4 Å². The molecule has 5 nitrogen and oxygen atoms in total. The Morgan fingerprint density at radius 3 is 2.90 bits per heavy atom. The number of fused-ring (bicyclic) bond motifs is 1. The van der Waals surface area contributed by atoms with Gasteiger partial charge >= 0.3 is 5.63 Å². The van der Waals surface area contributed by atoms with Crippen LogP contribution in [-0.2, 0) is 0 Å². The Morgan fingerprint density at radius 1 is 1.30 bits per heavy atom. The monoisotopic (exact) mass is 481 g/mol. The fourth-order valence-electron chi connectivity index (χ4n) is 2.77. The molecule has 8 heteroatoms. The van der Waals surface area contributed by atoms with E-state index in [1.165, 1.54) is 23.6 Å². The Morgan fingerprint density at radius 2 is 2.13 bits per heavy atom. The molecule has 2 heterocycles. The van der Waals surface area contributed by atoms with Crippen molar-refractivity contribution in [2.24, 2.45) is 0 Å². The van der Waals surface area contributed by atoms with Crippen molar-refractivity contribution < 1.29 is 8.81 Å². The molecule has 0 radical (unpaired) electrons. The second kappa shape index (κ2) is 8.22. The second-order valence-electron chi connectivity index (χ2n) is 6.45. The highest BCUT2D eigenvalue weighted by Gasteiger charge is 2.14. The first-order valence-corrected chi connectivity index (χ1v) is 10.4. The van der Waals surface area contributed by atoms with Crippen LogP contribution in [0.15, 0.2) is 67.7 Å². The number of nitrogens with zero attached hydrogens (tertiary/aromatic N) is 2. The average Bonchev–Trinajstić information content (AvgIpc) is 3.20. The van der Waals surface area contributed by atoms with Crippen LogP contribution in [0.1, 0.15) is 10.6 Å². The summed E-state index contributed by atoms with van der Waals surface area (Å²) in [7, 11) is 0. The van der Waals surface area contributed by atoms with E-state index >= 15 is 0 Å². The number of anilines is 1. The fourth-order valence-corrected chi connectivity index (χ4v) is 3.94. The average molecular weight is 482 g/mol. The van der Waals surface area contributed by atoms with Gasteiger partial charge in [0.25, 0.3) is 0 Å². The maximum absolute atomic E-state index is 13.7. The van der Waals surface area contributed by atoms with E-state index in [0.29, 0.717) is 33.1 Å². The molecule has 0 fully saturated rings. The summed E-state index contributed by atoms with van der Waals surface area (Å²) in [6.45, 7) is 1.68. The lowest BCUT2D eigenvalue weighted by Gasteiger charge is -2.03. The van der Waals surface area contributed by atoms with Crippen molar-refractivity contribution in [2.45, 2.75) is 6.92 Å². The topological polar surface area (TPSA) is 78.9 Å². The number of aryl methyl sites for hydroxylation is 1. The minimum absolute atomic E-state index is 0.264. The predicted molar refractivity (Wildman–Crippen MR) is 120 cm³/mol. The lowest BCUT2D eigenvalue weighted by molar-refractivity contribution is 0.563. The Labute approximate surface area is 183 Å². The molecule has 4 aromatic rings. The number of rotatable bonds is 4. The van der Waals surface area contributed by atoms with Crippen molar-refractivity contribution in [1.29, 1.82) is 5.26 Å². The van der Waals surface area contributed by atoms with E-state index in [0.717, 1.165) is 9.86 Å². The smallest absolute Gasteiger partial charge is 0.345 e. The molecule has 2 aromatic heterocycles. The number of halogens is 2. The number of thiazole rings is 1. The number of aromatic nitrogens is 1. The van der Waals surface area contributed by atoms with E-state index < -0.39 is 5.63 Å². The van der Waals surface area contributed by atoms with Gasteiger partial charge in [-0.25, -0.2) is 14.2 Å². The first kappa shape index (κ1) is 20.0. The number of benzene rings is 2. The van der Waals surface area contributed by atoms with Gasteiger partial charge in [-0.2, -0.15) is 5.26 Å². The zero-order valence-electron chi connectivity index (χ0n) is 15.6. The molecule has 0 atom stereocenters. The van der Waals surface area contributed by atoms with Crippen molar-refractivity contribution in [3.8, 4) is 17.3 Å². The highest BCUT2D eigenvalue weighted by Crippen LogP contribution is 2.27. The van der Waals surface area contributed by atoms with Gasteiger partial charge in [-0.1, -0.05) is 22.0 Å². The van der Waals surface area contributed by atoms with Gasteiger partial charge in [0.2, 0.25) is 0 Å². The second-order valence-corrected chi connectivity index (χ2v) is 8.22. The van der Waals surface area contributed by atoms with Crippen molar-refractivity contribution >= 4 is 49.5 Å². The van der Waals surface area contributed by atoms with Gasteiger partial charge in [-0.15, -0.1) is 11.3 Å². The number of hydrogen-bond acceptors (Lipinski definition) is 6.